The largest absolute Gasteiger partial charge is 0.507 e. The Balaban J connectivity index is 2.28. The van der Waals surface area contributed by atoms with Gasteiger partial charge in [0.1, 0.15) is 22.5 Å². The summed E-state index contributed by atoms with van der Waals surface area (Å²) in [6.45, 7) is -0.950. The number of hydrogen-bond acceptors (Lipinski definition) is 7. The molecule has 0 spiro atoms. The lowest BCUT2D eigenvalue weighted by molar-refractivity contribution is 0.255. The highest BCUT2D eigenvalue weighted by atomic mass is 16.5. The van der Waals surface area contributed by atoms with Crippen LogP contribution in [-0.2, 0) is 13.2 Å². The van der Waals surface area contributed by atoms with Crippen molar-refractivity contribution < 1.29 is 29.6 Å². The molecular formula is C18H16O7. The van der Waals surface area contributed by atoms with E-state index in [1.54, 1.807) is 6.07 Å². The lowest BCUT2D eigenvalue weighted by Crippen LogP contribution is -2.05. The summed E-state index contributed by atoms with van der Waals surface area (Å²) < 4.78 is 10.7. The summed E-state index contributed by atoms with van der Waals surface area (Å²) in [6, 6.07) is 7.08. The van der Waals surface area contributed by atoms with Gasteiger partial charge in [-0.15, -0.1) is 0 Å². The molecule has 130 valence electrons. The van der Waals surface area contributed by atoms with E-state index in [1.165, 1.54) is 31.4 Å². The molecule has 7 heteroatoms. The Kier molecular flexibility index (Phi) is 4.35. The Morgan fingerprint density at radius 2 is 1.84 bits per heavy atom. The molecule has 0 saturated carbocycles. The number of methoxy groups -OCH3 is 1. The molecule has 0 aliphatic rings. The first kappa shape index (κ1) is 16.8. The fourth-order valence-corrected chi connectivity index (χ4v) is 2.69. The zero-order chi connectivity index (χ0) is 18.1. The predicted molar refractivity (Wildman–Crippen MR) is 89.6 cm³/mol. The Labute approximate surface area is 142 Å². The number of aliphatic hydroxyl groups is 2. The predicted octanol–water partition coefficient (Wildman–Crippen LogP) is 1.86. The van der Waals surface area contributed by atoms with Crippen LogP contribution in [0.4, 0.5) is 0 Å². The molecule has 1 aromatic heterocycles. The van der Waals surface area contributed by atoms with Crippen molar-refractivity contribution in [2.24, 2.45) is 0 Å². The summed E-state index contributed by atoms with van der Waals surface area (Å²) in [4.78, 5) is 12.4. The van der Waals surface area contributed by atoms with Crippen molar-refractivity contribution in [3.63, 3.8) is 0 Å². The molecule has 0 saturated heterocycles. The Morgan fingerprint density at radius 1 is 1.08 bits per heavy atom. The van der Waals surface area contributed by atoms with Gasteiger partial charge in [-0.3, -0.25) is 4.79 Å². The number of aromatic hydroxyl groups is 2. The molecule has 7 nitrogen and oxygen atoms in total. The fraction of sp³-hybridized carbons (Fsp3) is 0.167. The third kappa shape index (κ3) is 2.79. The summed E-state index contributed by atoms with van der Waals surface area (Å²) in [7, 11) is 1.40. The molecule has 2 aromatic carbocycles. The highest BCUT2D eigenvalue weighted by molar-refractivity contribution is 5.87. The van der Waals surface area contributed by atoms with Crippen LogP contribution in [0.5, 0.6) is 17.2 Å². The van der Waals surface area contributed by atoms with Crippen LogP contribution in [0.15, 0.2) is 39.5 Å². The van der Waals surface area contributed by atoms with E-state index in [2.05, 4.69) is 0 Å². The van der Waals surface area contributed by atoms with E-state index < -0.39 is 24.4 Å². The second-order valence-electron chi connectivity index (χ2n) is 5.41. The van der Waals surface area contributed by atoms with Gasteiger partial charge >= 0.3 is 0 Å². The lowest BCUT2D eigenvalue weighted by Gasteiger charge is -2.11. The second-order valence-corrected chi connectivity index (χ2v) is 5.41. The van der Waals surface area contributed by atoms with Crippen molar-refractivity contribution in [1.29, 1.82) is 0 Å². The summed E-state index contributed by atoms with van der Waals surface area (Å²) in [5.74, 6) is -0.0413. The molecule has 0 aliphatic heterocycles. The fourth-order valence-electron chi connectivity index (χ4n) is 2.69. The van der Waals surface area contributed by atoms with Crippen molar-refractivity contribution in [1.82, 2.24) is 0 Å². The van der Waals surface area contributed by atoms with Gasteiger partial charge < -0.3 is 29.6 Å². The molecule has 1 heterocycles. The molecule has 3 rings (SSSR count). The summed E-state index contributed by atoms with van der Waals surface area (Å²) >= 11 is 0. The number of rotatable bonds is 4. The first-order chi connectivity index (χ1) is 12.0. The molecule has 0 radical (unpaired) electrons. The van der Waals surface area contributed by atoms with E-state index in [-0.39, 0.29) is 39.4 Å². The first-order valence-corrected chi connectivity index (χ1v) is 7.40. The molecule has 0 fully saturated rings. The van der Waals surface area contributed by atoms with Crippen LogP contribution in [0.25, 0.3) is 22.3 Å². The van der Waals surface area contributed by atoms with Crippen molar-refractivity contribution in [3.8, 4) is 28.6 Å². The minimum atomic E-state index is -0.520. The number of hydrogen-bond donors (Lipinski definition) is 4. The average molecular weight is 344 g/mol. The van der Waals surface area contributed by atoms with Crippen LogP contribution < -0.4 is 10.2 Å². The van der Waals surface area contributed by atoms with E-state index in [0.717, 1.165) is 0 Å². The lowest BCUT2D eigenvalue weighted by atomic mass is 10.0. The van der Waals surface area contributed by atoms with Crippen LogP contribution in [0.2, 0.25) is 0 Å². The van der Waals surface area contributed by atoms with Gasteiger partial charge in [-0.25, -0.2) is 0 Å². The standard InChI is InChI=1S/C18H16O7/c1-24-15-4-9(2-3-12(15)21)14-6-13(22)17-16(25-14)5-10(7-19)11(8-20)18(17)23/h2-6,19-21,23H,7-8H2,1H3. The maximum atomic E-state index is 12.4. The smallest absolute Gasteiger partial charge is 0.197 e. The second kappa shape index (κ2) is 6.46. The van der Waals surface area contributed by atoms with Gasteiger partial charge in [0.25, 0.3) is 0 Å². The number of ether oxygens (including phenoxy) is 1. The monoisotopic (exact) mass is 344 g/mol. The van der Waals surface area contributed by atoms with E-state index >= 15 is 0 Å². The van der Waals surface area contributed by atoms with Crippen LogP contribution >= 0.6 is 0 Å². The highest BCUT2D eigenvalue weighted by Gasteiger charge is 2.17. The zero-order valence-corrected chi connectivity index (χ0v) is 13.3. The summed E-state index contributed by atoms with van der Waals surface area (Å²) in [5.41, 5.74) is 0.413. The molecule has 3 aromatic rings. The van der Waals surface area contributed by atoms with Gasteiger partial charge in [0.2, 0.25) is 0 Å². The first-order valence-electron chi connectivity index (χ1n) is 7.40. The third-order valence-electron chi connectivity index (χ3n) is 3.98. The van der Waals surface area contributed by atoms with Crippen molar-refractivity contribution in [2.75, 3.05) is 7.11 Å². The van der Waals surface area contributed by atoms with E-state index in [4.69, 9.17) is 9.15 Å². The van der Waals surface area contributed by atoms with Crippen LogP contribution in [0, 0.1) is 0 Å². The normalized spacial score (nSPS) is 11.0. The Hall–Kier alpha value is -3.03. The van der Waals surface area contributed by atoms with Crippen molar-refractivity contribution in [3.05, 3.63) is 51.7 Å². The summed E-state index contributed by atoms with van der Waals surface area (Å²) in [6.07, 6.45) is 0. The van der Waals surface area contributed by atoms with Crippen LogP contribution in [0.3, 0.4) is 0 Å². The van der Waals surface area contributed by atoms with Crippen LogP contribution in [0.1, 0.15) is 11.1 Å². The van der Waals surface area contributed by atoms with E-state index in [9.17, 15) is 25.2 Å². The van der Waals surface area contributed by atoms with Gasteiger partial charge in [-0.05, 0) is 29.8 Å². The van der Waals surface area contributed by atoms with Crippen LogP contribution in [-0.4, -0.2) is 27.5 Å². The number of fused-ring (bicyclic) bond motifs is 1. The quantitative estimate of drug-likeness (QED) is 0.570. The number of aliphatic hydroxyl groups excluding tert-OH is 2. The molecule has 4 N–H and O–H groups in total. The number of phenols is 2. The Morgan fingerprint density at radius 3 is 2.48 bits per heavy atom. The van der Waals surface area contributed by atoms with E-state index in [0.29, 0.717) is 5.56 Å². The number of phenolic OH excluding ortho intramolecular Hbond substituents is 1. The maximum Gasteiger partial charge on any atom is 0.197 e. The molecule has 0 amide bonds. The van der Waals surface area contributed by atoms with Gasteiger partial charge in [0, 0.05) is 17.2 Å². The average Bonchev–Trinajstić information content (AvgIpc) is 2.61. The molecule has 0 bridgehead atoms. The molecule has 25 heavy (non-hydrogen) atoms. The SMILES string of the molecule is COc1cc(-c2cc(=O)c3c(O)c(CO)c(CO)cc3o2)ccc1O. The number of benzene rings is 2. The maximum absolute atomic E-state index is 12.4. The summed E-state index contributed by atoms with van der Waals surface area (Å²) in [5, 5.41) is 38.6. The molecule has 0 aliphatic carbocycles. The minimum Gasteiger partial charge on any atom is -0.507 e. The Bertz CT molecular complexity index is 1000. The highest BCUT2D eigenvalue weighted by Crippen LogP contribution is 2.35. The zero-order valence-electron chi connectivity index (χ0n) is 13.3. The molecule has 0 unspecified atom stereocenters. The van der Waals surface area contributed by atoms with Gasteiger partial charge in [0.05, 0.1) is 20.3 Å². The minimum absolute atomic E-state index is 0.0535. The molecular weight excluding hydrogens is 328 g/mol. The topological polar surface area (TPSA) is 120 Å². The third-order valence-corrected chi connectivity index (χ3v) is 3.98. The van der Waals surface area contributed by atoms with Crippen molar-refractivity contribution in [2.45, 2.75) is 13.2 Å². The van der Waals surface area contributed by atoms with Gasteiger partial charge in [0.15, 0.2) is 16.9 Å². The van der Waals surface area contributed by atoms with Crippen molar-refractivity contribution >= 4 is 11.0 Å². The van der Waals surface area contributed by atoms with Gasteiger partial charge in [-0.2, -0.15) is 0 Å². The molecule has 0 atom stereocenters. The van der Waals surface area contributed by atoms with Gasteiger partial charge in [-0.1, -0.05) is 0 Å². The van der Waals surface area contributed by atoms with E-state index in [1.807, 2.05) is 0 Å².